The molecule has 1 saturated heterocycles. The van der Waals surface area contributed by atoms with Crippen LogP contribution < -0.4 is 0 Å². The predicted octanol–water partition coefficient (Wildman–Crippen LogP) is 2.50. The topological polar surface area (TPSA) is 66.8 Å². The Labute approximate surface area is 113 Å². The first-order valence-electron chi connectivity index (χ1n) is 7.00. The maximum absolute atomic E-state index is 12.1. The van der Waals surface area contributed by atoms with E-state index in [0.29, 0.717) is 25.3 Å². The molecular weight excluding hydrogens is 246 g/mol. The van der Waals surface area contributed by atoms with Crippen LogP contribution in [-0.2, 0) is 9.53 Å². The molecule has 0 aromatic carbocycles. The lowest BCUT2D eigenvalue weighted by Gasteiger charge is -2.35. The summed E-state index contributed by atoms with van der Waals surface area (Å²) < 4.78 is 5.42. The first-order valence-corrected chi connectivity index (χ1v) is 7.00. The molecule has 5 nitrogen and oxygen atoms in total. The van der Waals surface area contributed by atoms with Gasteiger partial charge in [0.15, 0.2) is 0 Å². The highest BCUT2D eigenvalue weighted by Crippen LogP contribution is 2.39. The van der Waals surface area contributed by atoms with Crippen molar-refractivity contribution in [1.29, 1.82) is 0 Å². The molecule has 3 atom stereocenters. The summed E-state index contributed by atoms with van der Waals surface area (Å²) in [6.45, 7) is 6.27. The summed E-state index contributed by atoms with van der Waals surface area (Å²) in [5, 5.41) is 9.08. The minimum absolute atomic E-state index is 0.172. The van der Waals surface area contributed by atoms with Crippen molar-refractivity contribution in [2.45, 2.75) is 58.1 Å². The monoisotopic (exact) mass is 269 g/mol. The molecule has 0 spiro atoms. The summed E-state index contributed by atoms with van der Waals surface area (Å²) in [7, 11) is 0. The van der Waals surface area contributed by atoms with E-state index in [-0.39, 0.29) is 18.1 Å². The number of nitrogens with zero attached hydrogens (tertiary/aromatic N) is 1. The maximum atomic E-state index is 12.1. The molecule has 1 heterocycles. The molecule has 0 aromatic heterocycles. The lowest BCUT2D eigenvalue weighted by Crippen LogP contribution is -2.43. The predicted molar refractivity (Wildman–Crippen MR) is 69.8 cm³/mol. The first kappa shape index (κ1) is 14.2. The maximum Gasteiger partial charge on any atom is 0.410 e. The minimum atomic E-state index is -0.700. The van der Waals surface area contributed by atoms with Gasteiger partial charge in [-0.15, -0.1) is 0 Å². The van der Waals surface area contributed by atoms with Crippen molar-refractivity contribution in [3.8, 4) is 0 Å². The average molecular weight is 269 g/mol. The van der Waals surface area contributed by atoms with Crippen molar-refractivity contribution in [3.05, 3.63) is 0 Å². The van der Waals surface area contributed by atoms with Gasteiger partial charge < -0.3 is 14.7 Å². The van der Waals surface area contributed by atoms with Gasteiger partial charge in [-0.2, -0.15) is 0 Å². The number of fused-ring (bicyclic) bond motifs is 1. The first-order chi connectivity index (χ1) is 8.78. The molecule has 108 valence electrons. The fourth-order valence-corrected chi connectivity index (χ4v) is 3.21. The van der Waals surface area contributed by atoms with Crippen LogP contribution in [0.15, 0.2) is 0 Å². The van der Waals surface area contributed by atoms with Gasteiger partial charge in [-0.25, -0.2) is 4.79 Å². The van der Waals surface area contributed by atoms with Crippen molar-refractivity contribution < 1.29 is 19.4 Å². The number of hydrogen-bond donors (Lipinski definition) is 1. The van der Waals surface area contributed by atoms with E-state index in [1.807, 2.05) is 20.8 Å². The van der Waals surface area contributed by atoms with Gasteiger partial charge in [0.25, 0.3) is 0 Å². The highest BCUT2D eigenvalue weighted by atomic mass is 16.6. The molecule has 1 aliphatic carbocycles. The van der Waals surface area contributed by atoms with Gasteiger partial charge in [0.05, 0.1) is 5.92 Å². The molecular formula is C14H23NO4. The number of rotatable bonds is 1. The van der Waals surface area contributed by atoms with E-state index in [0.717, 1.165) is 12.8 Å². The second-order valence-electron chi connectivity index (χ2n) is 6.64. The summed E-state index contributed by atoms with van der Waals surface area (Å²) in [6.07, 6.45) is 2.78. The Morgan fingerprint density at radius 3 is 2.47 bits per heavy atom. The van der Waals surface area contributed by atoms with Gasteiger partial charge in [0.2, 0.25) is 0 Å². The number of carbonyl (C=O) groups is 2. The van der Waals surface area contributed by atoms with Crippen LogP contribution in [0.1, 0.15) is 46.5 Å². The largest absolute Gasteiger partial charge is 0.481 e. The third kappa shape index (κ3) is 3.19. The summed E-state index contributed by atoms with van der Waals surface area (Å²) in [6, 6.07) is 0.172. The van der Waals surface area contributed by atoms with Crippen molar-refractivity contribution in [2.75, 3.05) is 6.54 Å². The second-order valence-corrected chi connectivity index (χ2v) is 6.64. The lowest BCUT2D eigenvalue weighted by atomic mass is 9.78. The molecule has 2 rings (SSSR count). The quantitative estimate of drug-likeness (QED) is 0.794. The number of likely N-dealkylation sites (tertiary alicyclic amines) is 1. The number of aliphatic carboxylic acids is 1. The van der Waals surface area contributed by atoms with Gasteiger partial charge in [-0.3, -0.25) is 4.79 Å². The van der Waals surface area contributed by atoms with E-state index in [9.17, 15) is 9.59 Å². The van der Waals surface area contributed by atoms with E-state index in [4.69, 9.17) is 9.84 Å². The van der Waals surface area contributed by atoms with Crippen molar-refractivity contribution in [1.82, 2.24) is 4.90 Å². The molecule has 3 unspecified atom stereocenters. The Morgan fingerprint density at radius 2 is 1.89 bits per heavy atom. The van der Waals surface area contributed by atoms with Crippen LogP contribution in [0.2, 0.25) is 0 Å². The van der Waals surface area contributed by atoms with Crippen LogP contribution in [0.4, 0.5) is 4.79 Å². The zero-order valence-electron chi connectivity index (χ0n) is 11.9. The molecule has 1 aliphatic heterocycles. The molecule has 0 bridgehead atoms. The van der Waals surface area contributed by atoms with Gasteiger partial charge in [0.1, 0.15) is 5.60 Å². The van der Waals surface area contributed by atoms with Gasteiger partial charge in [0, 0.05) is 12.6 Å². The lowest BCUT2D eigenvalue weighted by molar-refractivity contribution is -0.143. The third-order valence-electron chi connectivity index (χ3n) is 4.06. The SMILES string of the molecule is CC(C)(C)OC(=O)N1CCC2CC(C(=O)O)CCC21. The van der Waals surface area contributed by atoms with Crippen LogP contribution in [0.5, 0.6) is 0 Å². The highest BCUT2D eigenvalue weighted by molar-refractivity contribution is 5.71. The van der Waals surface area contributed by atoms with E-state index in [1.165, 1.54) is 0 Å². The van der Waals surface area contributed by atoms with Crippen molar-refractivity contribution in [3.63, 3.8) is 0 Å². The number of carboxylic acid groups (broad SMARTS) is 1. The van der Waals surface area contributed by atoms with Crippen LogP contribution >= 0.6 is 0 Å². The van der Waals surface area contributed by atoms with E-state index in [2.05, 4.69) is 0 Å². The molecule has 1 saturated carbocycles. The molecule has 0 radical (unpaired) electrons. The minimum Gasteiger partial charge on any atom is -0.481 e. The molecule has 1 amide bonds. The Balaban J connectivity index is 1.97. The second kappa shape index (κ2) is 5.02. The normalized spacial score (nSPS) is 30.9. The van der Waals surface area contributed by atoms with Crippen LogP contribution in [0.25, 0.3) is 0 Å². The van der Waals surface area contributed by atoms with Gasteiger partial charge >= 0.3 is 12.1 Å². The summed E-state index contributed by atoms with van der Waals surface area (Å²) in [4.78, 5) is 25.0. The zero-order valence-corrected chi connectivity index (χ0v) is 11.9. The van der Waals surface area contributed by atoms with Gasteiger partial charge in [-0.05, 0) is 52.4 Å². The summed E-state index contributed by atoms with van der Waals surface area (Å²) >= 11 is 0. The number of amides is 1. The van der Waals surface area contributed by atoms with Gasteiger partial charge in [-0.1, -0.05) is 0 Å². The Hall–Kier alpha value is -1.26. The molecule has 1 N–H and O–H groups in total. The van der Waals surface area contributed by atoms with E-state index in [1.54, 1.807) is 4.90 Å². The van der Waals surface area contributed by atoms with Crippen molar-refractivity contribution >= 4 is 12.1 Å². The molecule has 19 heavy (non-hydrogen) atoms. The van der Waals surface area contributed by atoms with Crippen molar-refractivity contribution in [2.24, 2.45) is 11.8 Å². The van der Waals surface area contributed by atoms with Crippen LogP contribution in [0.3, 0.4) is 0 Å². The Bertz CT molecular complexity index is 374. The summed E-state index contributed by atoms with van der Waals surface area (Å²) in [5.41, 5.74) is -0.479. The number of hydrogen-bond acceptors (Lipinski definition) is 3. The number of carboxylic acids is 1. The van der Waals surface area contributed by atoms with E-state index >= 15 is 0 Å². The molecule has 5 heteroatoms. The number of ether oxygens (including phenoxy) is 1. The smallest absolute Gasteiger partial charge is 0.410 e. The Kier molecular flexibility index (Phi) is 3.74. The number of carbonyl (C=O) groups excluding carboxylic acids is 1. The third-order valence-corrected chi connectivity index (χ3v) is 4.06. The van der Waals surface area contributed by atoms with E-state index < -0.39 is 11.6 Å². The standard InChI is InChI=1S/C14H23NO4/c1-14(2,3)19-13(18)15-7-6-9-8-10(12(16)17)4-5-11(9)15/h9-11H,4-8H2,1-3H3,(H,16,17). The van der Waals surface area contributed by atoms with Crippen LogP contribution in [0, 0.1) is 11.8 Å². The fraction of sp³-hybridized carbons (Fsp3) is 0.857. The molecule has 2 aliphatic rings. The Morgan fingerprint density at radius 1 is 1.21 bits per heavy atom. The zero-order chi connectivity index (χ0) is 14.2. The highest BCUT2D eigenvalue weighted by Gasteiger charge is 2.43. The van der Waals surface area contributed by atoms with Crippen LogP contribution in [-0.4, -0.2) is 40.3 Å². The summed E-state index contributed by atoms with van der Waals surface area (Å²) in [5.74, 6) is -0.614. The molecule has 0 aromatic rings. The fourth-order valence-electron chi connectivity index (χ4n) is 3.21. The molecule has 2 fully saturated rings. The average Bonchev–Trinajstić information content (AvgIpc) is 2.68.